The van der Waals surface area contributed by atoms with Gasteiger partial charge in [-0.05, 0) is 26.7 Å². The maximum atomic E-state index is 11.3. The van der Waals surface area contributed by atoms with E-state index in [1.54, 1.807) is 17.8 Å². The Hall–Kier alpha value is -1.70. The SMILES string of the molecule is CCO[C@H]1[C@H](O)[C@@H](O)[C@@H](OC)O[C@@H]1CO[C@H]1O[C@H](CO[C@H]2O[C@H](CO[C@H]3O[C@H](COC)[C@@H](O)[C@H](O)[C@H]3O)[C@@H](OCCCc3cn(CC)nn3)[C@H](O)[C@H]2O)[C@@H](O)[C@H](O)[C@H]1O. The Morgan fingerprint density at radius 2 is 1.00 bits per heavy atom. The summed E-state index contributed by atoms with van der Waals surface area (Å²) in [5.41, 5.74) is 0.715. The summed E-state index contributed by atoms with van der Waals surface area (Å²) in [5.74, 6) is 0. The fourth-order valence-corrected chi connectivity index (χ4v) is 7.21. The van der Waals surface area contributed by atoms with E-state index in [4.69, 9.17) is 52.1 Å². The molecule has 20 atom stereocenters. The lowest BCUT2D eigenvalue weighted by atomic mass is 9.97. The summed E-state index contributed by atoms with van der Waals surface area (Å²) in [7, 11) is 2.62. The summed E-state index contributed by atoms with van der Waals surface area (Å²) < 4.78 is 63.8. The number of aryl methyl sites for hydroxylation is 2. The number of rotatable bonds is 20. The third kappa shape index (κ3) is 11.7. The fourth-order valence-electron chi connectivity index (χ4n) is 7.21. The van der Waals surface area contributed by atoms with Crippen molar-refractivity contribution in [3.63, 3.8) is 0 Å². The van der Waals surface area contributed by atoms with Gasteiger partial charge in [0, 0.05) is 40.2 Å². The van der Waals surface area contributed by atoms with Crippen LogP contribution in [0.4, 0.5) is 0 Å². The second-order valence-electron chi connectivity index (χ2n) is 14.7. The van der Waals surface area contributed by atoms with Crippen LogP contribution in [0.2, 0.25) is 0 Å². The molecule has 4 saturated heterocycles. The minimum atomic E-state index is -1.82. The molecule has 5 heterocycles. The number of methoxy groups -OCH3 is 2. The van der Waals surface area contributed by atoms with Gasteiger partial charge in [-0.1, -0.05) is 5.21 Å². The highest BCUT2D eigenvalue weighted by atomic mass is 16.8. The first kappa shape index (κ1) is 48.3. The zero-order chi connectivity index (χ0) is 43.0. The monoisotopic (exact) mass is 859 g/mol. The van der Waals surface area contributed by atoms with Gasteiger partial charge in [0.15, 0.2) is 25.2 Å². The zero-order valence-corrected chi connectivity index (χ0v) is 33.3. The van der Waals surface area contributed by atoms with Gasteiger partial charge in [0.1, 0.15) is 97.7 Å². The van der Waals surface area contributed by atoms with Crippen molar-refractivity contribution < 1.29 is 103 Å². The Morgan fingerprint density at radius 3 is 1.49 bits per heavy atom. The normalized spacial score (nSPS) is 43.2. The smallest absolute Gasteiger partial charge is 0.186 e. The molecule has 1 aromatic rings. The Balaban J connectivity index is 1.23. The third-order valence-corrected chi connectivity index (χ3v) is 10.6. The topological polar surface area (TPSA) is 335 Å². The lowest BCUT2D eigenvalue weighted by Crippen LogP contribution is -2.63. The Morgan fingerprint density at radius 1 is 0.542 bits per heavy atom. The molecule has 24 heteroatoms. The van der Waals surface area contributed by atoms with Crippen LogP contribution in [0.3, 0.4) is 0 Å². The highest BCUT2D eigenvalue weighted by Crippen LogP contribution is 2.31. The Labute approximate surface area is 339 Å². The van der Waals surface area contributed by atoms with E-state index < -0.39 is 143 Å². The average molecular weight is 860 g/mol. The van der Waals surface area contributed by atoms with Crippen molar-refractivity contribution in [3.05, 3.63) is 11.9 Å². The van der Waals surface area contributed by atoms with Crippen LogP contribution in [-0.4, -0.2) is 243 Å². The van der Waals surface area contributed by atoms with Crippen molar-refractivity contribution in [1.82, 2.24) is 15.0 Å². The van der Waals surface area contributed by atoms with E-state index in [1.165, 1.54) is 14.2 Å². The van der Waals surface area contributed by atoms with Crippen LogP contribution >= 0.6 is 0 Å². The van der Waals surface area contributed by atoms with Crippen molar-refractivity contribution in [3.8, 4) is 0 Å². The summed E-state index contributed by atoms with van der Waals surface area (Å²) in [5, 5.41) is 115. The van der Waals surface area contributed by atoms with Crippen molar-refractivity contribution in [2.24, 2.45) is 0 Å². The summed E-state index contributed by atoms with van der Waals surface area (Å²) in [6.07, 6.45) is -26.7. The quantitative estimate of drug-likeness (QED) is 0.0546. The van der Waals surface area contributed by atoms with E-state index in [-0.39, 0.29) is 19.8 Å². The summed E-state index contributed by atoms with van der Waals surface area (Å²) in [4.78, 5) is 0. The maximum absolute atomic E-state index is 11.3. The highest BCUT2D eigenvalue weighted by Gasteiger charge is 2.51. The summed E-state index contributed by atoms with van der Waals surface area (Å²) >= 11 is 0. The third-order valence-electron chi connectivity index (χ3n) is 10.6. The molecule has 5 rings (SSSR count). The molecule has 24 nitrogen and oxygen atoms in total. The number of hydrogen-bond donors (Lipinski definition) is 10. The van der Waals surface area contributed by atoms with Gasteiger partial charge in [0.05, 0.1) is 32.1 Å². The molecule has 0 aromatic carbocycles. The maximum Gasteiger partial charge on any atom is 0.186 e. The van der Waals surface area contributed by atoms with Gasteiger partial charge in [-0.15, -0.1) is 5.10 Å². The second-order valence-corrected chi connectivity index (χ2v) is 14.7. The van der Waals surface area contributed by atoms with Crippen LogP contribution in [0, 0.1) is 0 Å². The standard InChI is InChI=1S/C35H61N3O21/c1-5-38-10-15(36-37-38)8-7-9-52-31-19(14-55-33-26(45)22(41)20(39)16(56-33)11-49-3)59-35(29(48)25(31)44)53-12-17-21(40)23(42)27(46)34(57-17)54-13-18-30(51-6-2)24(43)28(47)32(50-4)58-18/h10,16-35,39-48H,5-9,11-14H2,1-4H3/t16-,17-,18-,19-,20-,21-,22+,23+,24-,25-,26-,27-,28-,29-,30-,31-,32+,33+,34+,35+/m1/s1. The number of aliphatic hydroxyl groups is 10. The minimum Gasteiger partial charge on any atom is -0.387 e. The molecule has 4 fully saturated rings. The van der Waals surface area contributed by atoms with E-state index in [0.29, 0.717) is 25.1 Å². The van der Waals surface area contributed by atoms with Crippen LogP contribution in [0.1, 0.15) is 26.0 Å². The first-order valence-corrected chi connectivity index (χ1v) is 19.7. The number of nitrogens with zero attached hydrogens (tertiary/aromatic N) is 3. The molecule has 0 unspecified atom stereocenters. The summed E-state index contributed by atoms with van der Waals surface area (Å²) in [6, 6.07) is 0. The zero-order valence-electron chi connectivity index (χ0n) is 33.3. The predicted molar refractivity (Wildman–Crippen MR) is 191 cm³/mol. The summed E-state index contributed by atoms with van der Waals surface area (Å²) in [6.45, 7) is 2.84. The average Bonchev–Trinajstić information content (AvgIpc) is 3.70. The molecule has 1 aromatic heterocycles. The van der Waals surface area contributed by atoms with Gasteiger partial charge in [0.25, 0.3) is 0 Å². The minimum absolute atomic E-state index is 0.0643. The van der Waals surface area contributed by atoms with Crippen LogP contribution in [0.25, 0.3) is 0 Å². The molecule has 4 aliphatic rings. The van der Waals surface area contributed by atoms with Crippen molar-refractivity contribution in [2.45, 2.75) is 156 Å². The number of hydrogen-bond acceptors (Lipinski definition) is 23. The van der Waals surface area contributed by atoms with E-state index in [2.05, 4.69) is 10.3 Å². The molecule has 0 amide bonds. The van der Waals surface area contributed by atoms with E-state index >= 15 is 0 Å². The molecule has 0 saturated carbocycles. The lowest BCUT2D eigenvalue weighted by Gasteiger charge is -2.45. The molecule has 10 N–H and O–H groups in total. The van der Waals surface area contributed by atoms with E-state index in [0.717, 1.165) is 0 Å². The van der Waals surface area contributed by atoms with Crippen LogP contribution in [-0.2, 0) is 65.1 Å². The van der Waals surface area contributed by atoms with Gasteiger partial charge in [-0.2, -0.15) is 0 Å². The van der Waals surface area contributed by atoms with Crippen molar-refractivity contribution >= 4 is 0 Å². The first-order chi connectivity index (χ1) is 28.2. The van der Waals surface area contributed by atoms with Crippen LogP contribution < -0.4 is 0 Å². The highest BCUT2D eigenvalue weighted by molar-refractivity contribution is 4.96. The van der Waals surface area contributed by atoms with E-state index in [9.17, 15) is 51.1 Å². The van der Waals surface area contributed by atoms with Gasteiger partial charge in [-0.25, -0.2) is 0 Å². The number of aromatic nitrogens is 3. The van der Waals surface area contributed by atoms with Gasteiger partial charge < -0.3 is 103 Å². The Bertz CT molecular complexity index is 1370. The van der Waals surface area contributed by atoms with Gasteiger partial charge >= 0.3 is 0 Å². The van der Waals surface area contributed by atoms with Crippen LogP contribution in [0.5, 0.6) is 0 Å². The predicted octanol–water partition coefficient (Wildman–Crippen LogP) is -6.13. The molecule has 342 valence electrons. The molecule has 0 radical (unpaired) electrons. The molecular weight excluding hydrogens is 798 g/mol. The van der Waals surface area contributed by atoms with Gasteiger partial charge in [0.2, 0.25) is 0 Å². The lowest BCUT2D eigenvalue weighted by molar-refractivity contribution is -0.350. The molecule has 59 heavy (non-hydrogen) atoms. The number of aliphatic hydroxyl groups excluding tert-OH is 10. The fraction of sp³-hybridized carbons (Fsp3) is 0.943. The molecule has 0 aliphatic carbocycles. The first-order valence-electron chi connectivity index (χ1n) is 19.7. The van der Waals surface area contributed by atoms with Gasteiger partial charge in [-0.3, -0.25) is 4.68 Å². The molecular formula is C35H61N3O21. The molecule has 4 aliphatic heterocycles. The molecule has 0 bridgehead atoms. The van der Waals surface area contributed by atoms with Crippen molar-refractivity contribution in [2.75, 3.05) is 53.9 Å². The number of ether oxygens (including phenoxy) is 11. The Kier molecular flexibility index (Phi) is 18.5. The molecule has 0 spiro atoms. The second kappa shape index (κ2) is 22.6. The van der Waals surface area contributed by atoms with E-state index in [1.807, 2.05) is 6.92 Å². The van der Waals surface area contributed by atoms with Crippen molar-refractivity contribution in [1.29, 1.82) is 0 Å². The largest absolute Gasteiger partial charge is 0.387 e. The van der Waals surface area contributed by atoms with Crippen LogP contribution in [0.15, 0.2) is 6.20 Å².